The van der Waals surface area contributed by atoms with Crippen molar-refractivity contribution in [3.05, 3.63) is 204 Å². The van der Waals surface area contributed by atoms with Gasteiger partial charge in [-0.2, -0.15) is 5.26 Å². The van der Waals surface area contributed by atoms with Crippen molar-refractivity contribution in [3.63, 3.8) is 0 Å². The molecule has 242 valence electrons. The van der Waals surface area contributed by atoms with Crippen LogP contribution in [0.3, 0.4) is 0 Å². The predicted molar refractivity (Wildman–Crippen MR) is 206 cm³/mol. The Kier molecular flexibility index (Phi) is 6.74. The molecule has 8 aromatic rings. The number of benzene rings is 7. The number of rotatable bonds is 4. The maximum Gasteiger partial charge on any atom is 0.160 e. The number of hydrogen-bond donors (Lipinski definition) is 0. The van der Waals surface area contributed by atoms with Crippen molar-refractivity contribution in [1.29, 1.82) is 5.26 Å². The fraction of sp³-hybridized carbons (Fsp3) is 0.0208. The van der Waals surface area contributed by atoms with Crippen LogP contribution in [-0.4, -0.2) is 9.97 Å². The van der Waals surface area contributed by atoms with Crippen LogP contribution in [0.1, 0.15) is 27.8 Å². The second-order valence-corrected chi connectivity index (χ2v) is 13.2. The highest BCUT2D eigenvalue weighted by atomic mass is 16.5. The second-order valence-electron chi connectivity index (χ2n) is 13.2. The first-order valence-electron chi connectivity index (χ1n) is 17.4. The summed E-state index contributed by atoms with van der Waals surface area (Å²) < 4.78 is 6.63. The molecule has 2 heterocycles. The molecule has 4 nitrogen and oxygen atoms in total. The van der Waals surface area contributed by atoms with Crippen molar-refractivity contribution >= 4 is 0 Å². The SMILES string of the molecule is N#Cc1ccccc1-c1ccc2c(c1)C1(c3ccccc3Oc3ccccc31)c1cc(-c3cc(-c4ccccc4)nc(-c4ccccc4)n3)ccc1-2. The van der Waals surface area contributed by atoms with Gasteiger partial charge in [-0.15, -0.1) is 0 Å². The summed E-state index contributed by atoms with van der Waals surface area (Å²) in [7, 11) is 0. The Labute approximate surface area is 301 Å². The average Bonchev–Trinajstić information content (AvgIpc) is 3.50. The molecule has 0 saturated carbocycles. The van der Waals surface area contributed by atoms with Gasteiger partial charge in [0, 0.05) is 27.8 Å². The molecule has 1 spiro atoms. The molecule has 0 saturated heterocycles. The van der Waals surface area contributed by atoms with Crippen molar-refractivity contribution in [2.45, 2.75) is 5.41 Å². The van der Waals surface area contributed by atoms with Crippen molar-refractivity contribution in [1.82, 2.24) is 9.97 Å². The van der Waals surface area contributed by atoms with Crippen LogP contribution in [-0.2, 0) is 5.41 Å². The van der Waals surface area contributed by atoms with Gasteiger partial charge in [-0.25, -0.2) is 9.97 Å². The third kappa shape index (κ3) is 4.47. The molecular weight excluding hydrogens is 635 g/mol. The van der Waals surface area contributed by atoms with Crippen molar-refractivity contribution in [2.24, 2.45) is 0 Å². The Hall–Kier alpha value is -7.09. The Bertz CT molecular complexity index is 2630. The number of nitrogens with zero attached hydrogens (tertiary/aromatic N) is 3. The molecule has 52 heavy (non-hydrogen) atoms. The number of para-hydroxylation sites is 2. The number of nitriles is 1. The second kappa shape index (κ2) is 11.8. The topological polar surface area (TPSA) is 58.8 Å². The first-order chi connectivity index (χ1) is 25.7. The van der Waals surface area contributed by atoms with Crippen molar-refractivity contribution < 1.29 is 4.74 Å². The van der Waals surface area contributed by atoms with E-state index >= 15 is 0 Å². The first kappa shape index (κ1) is 29.8. The van der Waals surface area contributed by atoms with E-state index in [1.807, 2.05) is 72.8 Å². The molecule has 0 amide bonds. The molecule has 10 rings (SSSR count). The molecule has 1 aliphatic carbocycles. The normalized spacial score (nSPS) is 12.9. The zero-order chi connectivity index (χ0) is 34.6. The lowest BCUT2D eigenvalue weighted by molar-refractivity contribution is 0.436. The van der Waals surface area contributed by atoms with Gasteiger partial charge in [-0.1, -0.05) is 140 Å². The smallest absolute Gasteiger partial charge is 0.160 e. The standard InChI is InChI=1S/C48H29N3O/c49-30-35-17-7-8-18-36(35)33-23-25-37-38-26-24-34(44-29-43(31-13-3-1-4-14-31)50-47(51-44)32-15-5-2-6-16-32)28-42(38)48(41(37)27-33)39-19-9-11-21-45(39)52-46-22-12-10-20-40(46)48/h1-29H. The summed E-state index contributed by atoms with van der Waals surface area (Å²) in [5.74, 6) is 2.33. The van der Waals surface area contributed by atoms with Crippen LogP contribution in [0.15, 0.2) is 176 Å². The molecule has 0 unspecified atom stereocenters. The van der Waals surface area contributed by atoms with Crippen LogP contribution < -0.4 is 4.74 Å². The lowest BCUT2D eigenvalue weighted by atomic mass is 9.65. The van der Waals surface area contributed by atoms with E-state index in [2.05, 4.69) is 109 Å². The molecule has 0 fully saturated rings. The van der Waals surface area contributed by atoms with Gasteiger partial charge in [0.15, 0.2) is 5.82 Å². The summed E-state index contributed by atoms with van der Waals surface area (Å²) in [6.07, 6.45) is 0. The van der Waals surface area contributed by atoms with E-state index in [-0.39, 0.29) is 0 Å². The number of ether oxygens (including phenoxy) is 1. The van der Waals surface area contributed by atoms with Gasteiger partial charge in [-0.05, 0) is 69.8 Å². The number of aromatic nitrogens is 2. The van der Waals surface area contributed by atoms with E-state index in [4.69, 9.17) is 14.7 Å². The van der Waals surface area contributed by atoms with E-state index in [0.717, 1.165) is 84.1 Å². The Morgan fingerprint density at radius 2 is 0.942 bits per heavy atom. The van der Waals surface area contributed by atoms with Crippen LogP contribution in [0.5, 0.6) is 11.5 Å². The molecule has 0 bridgehead atoms. The molecule has 1 aromatic heterocycles. The van der Waals surface area contributed by atoms with E-state index in [0.29, 0.717) is 11.4 Å². The van der Waals surface area contributed by atoms with Gasteiger partial charge in [0.2, 0.25) is 0 Å². The van der Waals surface area contributed by atoms with E-state index in [1.54, 1.807) is 0 Å². The minimum atomic E-state index is -0.693. The molecule has 4 heteroatoms. The third-order valence-corrected chi connectivity index (χ3v) is 10.4. The van der Waals surface area contributed by atoms with Gasteiger partial charge in [0.25, 0.3) is 0 Å². The summed E-state index contributed by atoms with van der Waals surface area (Å²) in [5, 5.41) is 10.1. The van der Waals surface area contributed by atoms with Crippen molar-refractivity contribution in [2.75, 3.05) is 0 Å². The van der Waals surface area contributed by atoms with Crippen molar-refractivity contribution in [3.8, 4) is 73.7 Å². The third-order valence-electron chi connectivity index (χ3n) is 10.4. The highest BCUT2D eigenvalue weighted by Crippen LogP contribution is 2.62. The maximum atomic E-state index is 10.1. The highest BCUT2D eigenvalue weighted by molar-refractivity contribution is 5.92. The van der Waals surface area contributed by atoms with Gasteiger partial charge in [0.05, 0.1) is 28.4 Å². The van der Waals surface area contributed by atoms with E-state index < -0.39 is 5.41 Å². The van der Waals surface area contributed by atoms with Crippen LogP contribution >= 0.6 is 0 Å². The van der Waals surface area contributed by atoms with Crippen LogP contribution in [0.25, 0.3) is 56.2 Å². The highest BCUT2D eigenvalue weighted by Gasteiger charge is 2.51. The number of hydrogen-bond acceptors (Lipinski definition) is 4. The Balaban J connectivity index is 1.26. The molecule has 0 N–H and O–H groups in total. The minimum absolute atomic E-state index is 0.647. The molecule has 0 radical (unpaired) electrons. The summed E-state index contributed by atoms with van der Waals surface area (Å²) in [6.45, 7) is 0. The first-order valence-corrected chi connectivity index (χ1v) is 17.4. The van der Waals surface area contributed by atoms with E-state index in [9.17, 15) is 5.26 Å². The summed E-state index contributed by atoms with van der Waals surface area (Å²) in [4.78, 5) is 10.3. The predicted octanol–water partition coefficient (Wildman–Crippen LogP) is 11.5. The quantitative estimate of drug-likeness (QED) is 0.188. The molecule has 7 aromatic carbocycles. The van der Waals surface area contributed by atoms with Gasteiger partial charge in [0.1, 0.15) is 11.5 Å². The Morgan fingerprint density at radius 3 is 1.60 bits per heavy atom. The van der Waals surface area contributed by atoms with Crippen LogP contribution in [0.2, 0.25) is 0 Å². The lowest BCUT2D eigenvalue weighted by Gasteiger charge is -2.39. The monoisotopic (exact) mass is 663 g/mol. The Morgan fingerprint density at radius 1 is 0.423 bits per heavy atom. The minimum Gasteiger partial charge on any atom is -0.457 e. The molecular formula is C48H29N3O. The number of fused-ring (bicyclic) bond motifs is 9. The maximum absolute atomic E-state index is 10.1. The lowest BCUT2D eigenvalue weighted by Crippen LogP contribution is -2.32. The van der Waals surface area contributed by atoms with E-state index in [1.165, 1.54) is 0 Å². The van der Waals surface area contributed by atoms with Crippen LogP contribution in [0, 0.1) is 11.3 Å². The summed E-state index contributed by atoms with van der Waals surface area (Å²) >= 11 is 0. The average molecular weight is 664 g/mol. The zero-order valence-corrected chi connectivity index (χ0v) is 28.0. The fourth-order valence-electron chi connectivity index (χ4n) is 8.13. The summed E-state index contributed by atoms with van der Waals surface area (Å²) in [5.41, 5.74) is 13.4. The molecule has 0 atom stereocenters. The van der Waals surface area contributed by atoms with Gasteiger partial charge >= 0.3 is 0 Å². The largest absolute Gasteiger partial charge is 0.457 e. The molecule has 2 aliphatic rings. The molecule has 1 aliphatic heterocycles. The zero-order valence-electron chi connectivity index (χ0n) is 28.0. The summed E-state index contributed by atoms with van der Waals surface area (Å²) in [6, 6.07) is 62.9. The van der Waals surface area contributed by atoms with Crippen LogP contribution in [0.4, 0.5) is 0 Å². The fourth-order valence-corrected chi connectivity index (χ4v) is 8.13. The van der Waals surface area contributed by atoms with Gasteiger partial charge in [-0.3, -0.25) is 0 Å². The van der Waals surface area contributed by atoms with Gasteiger partial charge < -0.3 is 4.74 Å².